The third-order valence-corrected chi connectivity index (χ3v) is 2.12. The number of nitrogen functional groups attached to an aromatic ring is 1. The lowest BCUT2D eigenvalue weighted by atomic mass is 10.0. The number of hydrogen-bond acceptors (Lipinski definition) is 6. The van der Waals surface area contributed by atoms with Crippen LogP contribution in [0.15, 0.2) is 36.4 Å². The minimum Gasteiger partial charge on any atom is -0.398 e. The van der Waals surface area contributed by atoms with Crippen LogP contribution in [0.4, 0.5) is 5.69 Å². The van der Waals surface area contributed by atoms with Gasteiger partial charge in [0.05, 0.1) is 0 Å². The van der Waals surface area contributed by atoms with Gasteiger partial charge >= 0.3 is 9.05 Å². The molecule has 6 N–H and O–H groups in total. The Labute approximate surface area is 104 Å². The molecule has 0 bridgehead atoms. The van der Waals surface area contributed by atoms with Crippen molar-refractivity contribution in [1.82, 2.24) is 0 Å². The van der Waals surface area contributed by atoms with Crippen molar-refractivity contribution in [2.45, 2.75) is 0 Å². The Bertz CT molecular complexity index is 547. The quantitative estimate of drug-likeness (QED) is 0.273. The van der Waals surface area contributed by atoms with E-state index in [9.17, 15) is 4.79 Å². The van der Waals surface area contributed by atoms with Crippen LogP contribution >= 0.6 is 0 Å². The fraction of sp³-hybridized carbons (Fsp3) is 0. The van der Waals surface area contributed by atoms with Crippen molar-refractivity contribution in [3.63, 3.8) is 0 Å². The Balaban J connectivity index is 0.000000280. The second-order valence-electron chi connectivity index (χ2n) is 3.51. The van der Waals surface area contributed by atoms with Gasteiger partial charge in [-0.25, -0.2) is 0 Å². The van der Waals surface area contributed by atoms with Crippen LogP contribution in [0.3, 0.4) is 0 Å². The van der Waals surface area contributed by atoms with E-state index in [2.05, 4.69) is 0 Å². The molecule has 0 radical (unpaired) electrons. The van der Waals surface area contributed by atoms with Gasteiger partial charge in [0.25, 0.3) is 0 Å². The maximum atomic E-state index is 10.7. The molecule has 0 saturated heterocycles. The molecule has 0 fully saturated rings. The summed E-state index contributed by atoms with van der Waals surface area (Å²) in [5, 5.41) is 1.85. The van der Waals surface area contributed by atoms with Crippen molar-refractivity contribution in [3.05, 3.63) is 42.0 Å². The van der Waals surface area contributed by atoms with Crippen molar-refractivity contribution >= 4 is 31.8 Å². The van der Waals surface area contributed by atoms with Crippen molar-refractivity contribution in [2.75, 3.05) is 5.73 Å². The third kappa shape index (κ3) is 4.24. The summed E-state index contributed by atoms with van der Waals surface area (Å²) in [6.45, 7) is 0. The van der Waals surface area contributed by atoms with Gasteiger partial charge in [0.2, 0.25) is 0 Å². The van der Waals surface area contributed by atoms with E-state index < -0.39 is 9.05 Å². The third-order valence-electron chi connectivity index (χ3n) is 2.12. The van der Waals surface area contributed by atoms with Crippen molar-refractivity contribution < 1.29 is 24.0 Å². The summed E-state index contributed by atoms with van der Waals surface area (Å²) in [5.41, 5.74) is 7.16. The fourth-order valence-electron chi connectivity index (χ4n) is 1.45. The molecule has 96 valence electrons. The Hall–Kier alpha value is -1.77. The number of hydrogen-bond donors (Lipinski definition) is 5. The highest BCUT2D eigenvalue weighted by Gasteiger charge is 2.22. The molecule has 0 amide bonds. The smallest absolute Gasteiger partial charge is 0.398 e. The minimum absolute atomic E-state index is 0.685. The summed E-state index contributed by atoms with van der Waals surface area (Å²) in [6.07, 6.45) is 0.849. The molecule has 0 spiro atoms. The van der Waals surface area contributed by atoms with Gasteiger partial charge in [0.1, 0.15) is 0 Å². The second-order valence-corrected chi connectivity index (χ2v) is 4.71. The molecule has 2 rings (SSSR count). The van der Waals surface area contributed by atoms with Crippen LogP contribution in [-0.2, 0) is 0 Å². The highest BCUT2D eigenvalue weighted by molar-refractivity contribution is 6.46. The number of rotatable bonds is 1. The number of aldehydes is 1. The van der Waals surface area contributed by atoms with Crippen LogP contribution in [0.5, 0.6) is 0 Å². The molecule has 7 heteroatoms. The molecular weight excluding hydrogens is 254 g/mol. The maximum Gasteiger partial charge on any atom is 0.668 e. The van der Waals surface area contributed by atoms with Gasteiger partial charge in [-0.15, -0.1) is 0 Å². The van der Waals surface area contributed by atoms with Crippen LogP contribution in [0.1, 0.15) is 10.4 Å². The first-order valence-electron chi connectivity index (χ1n) is 4.95. The molecule has 0 unspecified atom stereocenters. The molecule has 0 aromatic heterocycles. The molecule has 18 heavy (non-hydrogen) atoms. The molecule has 0 aliphatic rings. The summed E-state index contributed by atoms with van der Waals surface area (Å²) >= 11 is 0. The van der Waals surface area contributed by atoms with Crippen molar-refractivity contribution in [2.24, 2.45) is 0 Å². The highest BCUT2D eigenvalue weighted by atomic mass is 28.4. The van der Waals surface area contributed by atoms with Gasteiger partial charge in [0.15, 0.2) is 6.29 Å². The topological polar surface area (TPSA) is 124 Å². The summed E-state index contributed by atoms with van der Waals surface area (Å²) in [5.74, 6) is 0. The number of fused-ring (bicyclic) bond motifs is 1. The molecule has 0 aliphatic carbocycles. The summed E-state index contributed by atoms with van der Waals surface area (Å²) < 4.78 is 0. The molecule has 0 atom stereocenters. The van der Waals surface area contributed by atoms with Gasteiger partial charge in [-0.3, -0.25) is 4.79 Å². The molecule has 6 nitrogen and oxygen atoms in total. The lowest BCUT2D eigenvalue weighted by Crippen LogP contribution is -2.33. The number of nitrogens with two attached hydrogens (primary N) is 1. The second kappa shape index (κ2) is 5.71. The first kappa shape index (κ1) is 14.3. The standard InChI is InChI=1S/C11H9NO.H4O4Si/c12-11-6-5-8(7-13)9-3-1-2-4-10(9)11;1-5(2,3)4/h1-7H,12H2;1-4H. The van der Waals surface area contributed by atoms with E-state index >= 15 is 0 Å². The predicted octanol–water partition coefficient (Wildman–Crippen LogP) is -0.374. The van der Waals surface area contributed by atoms with Crippen LogP contribution in [0.25, 0.3) is 10.8 Å². The van der Waals surface area contributed by atoms with Crippen molar-refractivity contribution in [3.8, 4) is 0 Å². The van der Waals surface area contributed by atoms with E-state index in [0.717, 1.165) is 17.1 Å². The van der Waals surface area contributed by atoms with Crippen LogP contribution < -0.4 is 5.73 Å². The summed E-state index contributed by atoms with van der Waals surface area (Å²) in [4.78, 5) is 40.0. The zero-order valence-corrected chi connectivity index (χ0v) is 10.3. The average molecular weight is 267 g/mol. The van der Waals surface area contributed by atoms with Crippen molar-refractivity contribution in [1.29, 1.82) is 0 Å². The first-order valence-corrected chi connectivity index (χ1v) is 6.73. The zero-order valence-electron chi connectivity index (χ0n) is 9.32. The summed E-state index contributed by atoms with van der Waals surface area (Å²) in [6, 6.07) is 11.1. The van der Waals surface area contributed by atoms with Crippen LogP contribution in [0.2, 0.25) is 0 Å². The van der Waals surface area contributed by atoms with E-state index in [1.807, 2.05) is 24.3 Å². The van der Waals surface area contributed by atoms with E-state index in [4.69, 9.17) is 24.9 Å². The number of anilines is 1. The Morgan fingerprint density at radius 3 is 1.94 bits per heavy atom. The Kier molecular flexibility index (Phi) is 4.53. The van der Waals surface area contributed by atoms with E-state index in [-0.39, 0.29) is 0 Å². The highest BCUT2D eigenvalue weighted by Crippen LogP contribution is 2.22. The monoisotopic (exact) mass is 267 g/mol. The molecular formula is C11H13NO5Si. The molecule has 0 aliphatic heterocycles. The lowest BCUT2D eigenvalue weighted by molar-refractivity contribution is 0.112. The Morgan fingerprint density at radius 2 is 1.44 bits per heavy atom. The Morgan fingerprint density at radius 1 is 0.944 bits per heavy atom. The van der Waals surface area contributed by atoms with Gasteiger partial charge in [-0.1, -0.05) is 24.3 Å². The number of carbonyl (C=O) groups excluding carboxylic acids is 1. The lowest BCUT2D eigenvalue weighted by Gasteiger charge is -2.02. The van der Waals surface area contributed by atoms with Gasteiger partial charge in [-0.2, -0.15) is 0 Å². The van der Waals surface area contributed by atoms with Crippen LogP contribution in [0, 0.1) is 0 Å². The van der Waals surface area contributed by atoms with E-state index in [1.54, 1.807) is 12.1 Å². The summed E-state index contributed by atoms with van der Waals surface area (Å²) in [7, 11) is -4.61. The number of benzene rings is 2. The van der Waals surface area contributed by atoms with E-state index in [0.29, 0.717) is 11.3 Å². The molecule has 0 saturated carbocycles. The maximum absolute atomic E-state index is 10.7. The van der Waals surface area contributed by atoms with Gasteiger partial charge in [0, 0.05) is 16.6 Å². The number of carbonyl (C=O) groups is 1. The zero-order chi connectivity index (χ0) is 13.8. The van der Waals surface area contributed by atoms with Crippen LogP contribution in [-0.4, -0.2) is 34.5 Å². The average Bonchev–Trinajstić information content (AvgIpc) is 2.28. The first-order chi connectivity index (χ1) is 8.33. The largest absolute Gasteiger partial charge is 0.668 e. The predicted molar refractivity (Wildman–Crippen MR) is 68.4 cm³/mol. The van der Waals surface area contributed by atoms with Gasteiger partial charge in [-0.05, 0) is 17.5 Å². The molecule has 2 aromatic carbocycles. The molecule has 0 heterocycles. The SMILES string of the molecule is Nc1ccc(C=O)c2ccccc12.O[Si](O)(O)O. The van der Waals surface area contributed by atoms with Gasteiger partial charge < -0.3 is 24.9 Å². The van der Waals surface area contributed by atoms with E-state index in [1.165, 1.54) is 0 Å². The fourth-order valence-corrected chi connectivity index (χ4v) is 1.45. The normalized spacial score (nSPS) is 10.7. The minimum atomic E-state index is -4.61. The molecule has 2 aromatic rings.